The first-order chi connectivity index (χ1) is 17.2. The van der Waals surface area contributed by atoms with Crippen molar-refractivity contribution in [3.05, 3.63) is 58.9 Å². The second-order valence-corrected chi connectivity index (χ2v) is 9.79. The molecular weight excluding hydrogens is 471 g/mol. The molecule has 2 aromatic carbocycles. The maximum Gasteiger partial charge on any atom is 0.186 e. The summed E-state index contributed by atoms with van der Waals surface area (Å²) < 4.78 is 36.8. The summed E-state index contributed by atoms with van der Waals surface area (Å²) in [5, 5.41) is 40.4. The van der Waals surface area contributed by atoms with Gasteiger partial charge in [0.1, 0.15) is 24.1 Å². The van der Waals surface area contributed by atoms with E-state index in [4.69, 9.17) is 18.9 Å². The number of halogens is 1. The number of aliphatic hydroxyl groups is 4. The molecule has 0 radical (unpaired) electrons. The molecule has 0 bridgehead atoms. The largest absolute Gasteiger partial charge is 0.494 e. The molecule has 4 N–H and O–H groups in total. The van der Waals surface area contributed by atoms with Crippen LogP contribution in [0.15, 0.2) is 36.4 Å². The van der Waals surface area contributed by atoms with Crippen LogP contribution in [0.3, 0.4) is 0 Å². The van der Waals surface area contributed by atoms with E-state index in [1.54, 1.807) is 12.1 Å². The van der Waals surface area contributed by atoms with Crippen LogP contribution in [-0.4, -0.2) is 78.1 Å². The summed E-state index contributed by atoms with van der Waals surface area (Å²) in [7, 11) is 1.41. The van der Waals surface area contributed by atoms with Crippen molar-refractivity contribution >= 4 is 0 Å². The highest BCUT2D eigenvalue weighted by atomic mass is 19.1. The molecule has 4 rings (SSSR count). The van der Waals surface area contributed by atoms with Crippen molar-refractivity contribution in [3.8, 4) is 11.5 Å². The fourth-order valence-electron chi connectivity index (χ4n) is 5.19. The molecule has 0 spiro atoms. The molecule has 1 aliphatic carbocycles. The average Bonchev–Trinajstić information content (AvgIpc) is 2.86. The predicted molar refractivity (Wildman–Crippen MR) is 128 cm³/mol. The zero-order chi connectivity index (χ0) is 26.0. The quantitative estimate of drug-likeness (QED) is 0.430. The molecule has 1 fully saturated rings. The Balaban J connectivity index is 1.72. The number of ether oxygens (including phenoxy) is 4. The number of hydrogen-bond donors (Lipinski definition) is 4. The normalized spacial score (nSPS) is 30.2. The zero-order valence-corrected chi connectivity index (χ0v) is 20.7. The van der Waals surface area contributed by atoms with Gasteiger partial charge >= 0.3 is 0 Å². The monoisotopic (exact) mass is 506 g/mol. The maximum absolute atomic E-state index is 14.3. The Hall–Kier alpha value is -2.27. The van der Waals surface area contributed by atoms with E-state index in [2.05, 4.69) is 0 Å². The molecule has 0 amide bonds. The molecule has 7 atom stereocenters. The summed E-state index contributed by atoms with van der Waals surface area (Å²) in [6, 6.07) is 10.6. The molecule has 8 nitrogen and oxygen atoms in total. The molecule has 0 aromatic heterocycles. The summed E-state index contributed by atoms with van der Waals surface area (Å²) in [5.74, 6) is -0.469. The summed E-state index contributed by atoms with van der Waals surface area (Å²) in [4.78, 5) is 0. The third-order valence-corrected chi connectivity index (χ3v) is 7.02. The van der Waals surface area contributed by atoms with Crippen LogP contribution in [0.1, 0.15) is 36.5 Å². The third kappa shape index (κ3) is 5.51. The van der Waals surface area contributed by atoms with Gasteiger partial charge in [0.2, 0.25) is 0 Å². The fourth-order valence-corrected chi connectivity index (χ4v) is 5.19. The molecule has 2 aromatic rings. The second kappa shape index (κ2) is 11.4. The Labute approximate surface area is 210 Å². The molecule has 2 aliphatic rings. The van der Waals surface area contributed by atoms with Gasteiger partial charge in [-0.2, -0.15) is 0 Å². The van der Waals surface area contributed by atoms with E-state index >= 15 is 0 Å². The minimum atomic E-state index is -1.42. The highest BCUT2D eigenvalue weighted by molar-refractivity contribution is 5.47. The van der Waals surface area contributed by atoms with Crippen LogP contribution in [0.4, 0.5) is 4.39 Å². The molecule has 198 valence electrons. The first kappa shape index (κ1) is 26.8. The lowest BCUT2D eigenvalue weighted by molar-refractivity contribution is -0.274. The smallest absolute Gasteiger partial charge is 0.186 e. The van der Waals surface area contributed by atoms with Crippen molar-refractivity contribution in [3.63, 3.8) is 0 Å². The number of methoxy groups -OCH3 is 1. The lowest BCUT2D eigenvalue weighted by Gasteiger charge is -2.41. The van der Waals surface area contributed by atoms with Crippen molar-refractivity contribution in [1.29, 1.82) is 0 Å². The Bertz CT molecular complexity index is 1030. The van der Waals surface area contributed by atoms with E-state index in [-0.39, 0.29) is 49.4 Å². The number of aliphatic hydroxyl groups excluding tert-OH is 4. The minimum absolute atomic E-state index is 0.0213. The molecule has 0 saturated carbocycles. The average molecular weight is 507 g/mol. The molecule has 36 heavy (non-hydrogen) atoms. The second-order valence-electron chi connectivity index (χ2n) is 9.79. The van der Waals surface area contributed by atoms with Gasteiger partial charge in [-0.15, -0.1) is 0 Å². The highest BCUT2D eigenvalue weighted by Gasteiger charge is 2.42. The molecule has 1 heterocycles. The molecule has 9 heteroatoms. The van der Waals surface area contributed by atoms with Gasteiger partial charge in [0, 0.05) is 12.5 Å². The van der Waals surface area contributed by atoms with Gasteiger partial charge < -0.3 is 39.4 Å². The van der Waals surface area contributed by atoms with Gasteiger partial charge in [0.05, 0.1) is 26.4 Å². The number of fused-ring (bicyclic) bond motifs is 1. The maximum atomic E-state index is 14.3. The number of hydrogen-bond acceptors (Lipinski definition) is 8. The number of rotatable bonds is 8. The van der Waals surface area contributed by atoms with Crippen LogP contribution < -0.4 is 9.47 Å². The van der Waals surface area contributed by atoms with Crippen LogP contribution in [0, 0.1) is 17.7 Å². The predicted octanol–water partition coefficient (Wildman–Crippen LogP) is 1.99. The molecular formula is C27H35FO8. The fraction of sp³-hybridized carbons (Fsp3) is 0.556. The minimum Gasteiger partial charge on any atom is -0.494 e. The van der Waals surface area contributed by atoms with Gasteiger partial charge in [-0.05, 0) is 73.1 Å². The van der Waals surface area contributed by atoms with E-state index in [0.29, 0.717) is 12.2 Å². The van der Waals surface area contributed by atoms with Gasteiger partial charge in [-0.25, -0.2) is 4.39 Å². The van der Waals surface area contributed by atoms with Crippen molar-refractivity contribution in [2.75, 3.05) is 26.9 Å². The van der Waals surface area contributed by atoms with E-state index in [9.17, 15) is 24.8 Å². The van der Waals surface area contributed by atoms with Crippen molar-refractivity contribution in [2.24, 2.45) is 11.8 Å². The van der Waals surface area contributed by atoms with Crippen LogP contribution in [0.2, 0.25) is 0 Å². The van der Waals surface area contributed by atoms with Crippen LogP contribution in [0.5, 0.6) is 11.5 Å². The van der Waals surface area contributed by atoms with E-state index in [1.165, 1.54) is 13.2 Å². The van der Waals surface area contributed by atoms with Crippen molar-refractivity contribution < 1.29 is 43.8 Å². The summed E-state index contributed by atoms with van der Waals surface area (Å²) in [6.07, 6.45) is -4.59. The van der Waals surface area contributed by atoms with E-state index < -0.39 is 30.4 Å². The molecule has 1 aliphatic heterocycles. The Kier molecular flexibility index (Phi) is 8.49. The van der Waals surface area contributed by atoms with Crippen LogP contribution >= 0.6 is 0 Å². The van der Waals surface area contributed by atoms with Gasteiger partial charge in [0.25, 0.3) is 0 Å². The topological polar surface area (TPSA) is 118 Å². The highest BCUT2D eigenvalue weighted by Crippen LogP contribution is 2.46. The van der Waals surface area contributed by atoms with Crippen molar-refractivity contribution in [1.82, 2.24) is 0 Å². The van der Waals surface area contributed by atoms with E-state index in [0.717, 1.165) is 16.7 Å². The first-order valence-electron chi connectivity index (χ1n) is 12.2. The van der Waals surface area contributed by atoms with Crippen LogP contribution in [0.25, 0.3) is 0 Å². The molecule has 0 unspecified atom stereocenters. The number of benzene rings is 2. The first-order valence-corrected chi connectivity index (χ1v) is 12.2. The zero-order valence-electron chi connectivity index (χ0n) is 20.7. The Morgan fingerprint density at radius 3 is 2.56 bits per heavy atom. The van der Waals surface area contributed by atoms with Gasteiger partial charge in [-0.3, -0.25) is 0 Å². The molecule has 1 saturated heterocycles. The Morgan fingerprint density at radius 2 is 1.86 bits per heavy atom. The lowest BCUT2D eigenvalue weighted by atomic mass is 9.67. The summed E-state index contributed by atoms with van der Waals surface area (Å²) in [6.45, 7) is 3.69. The van der Waals surface area contributed by atoms with Crippen molar-refractivity contribution in [2.45, 2.75) is 56.9 Å². The standard InChI is InChI=1S/C27H35FO8/c1-14(2)36-18-6-4-15-8-17(11-29)20(12-34-27-26(32)25(31)22(30)13-35-27)24(19(15)10-18)16-5-7-21(28)23(9-16)33-3/h4-7,9-10,14,17,20,22,24-27,29-32H,8,11-13H2,1-3H3/t17-,20-,22-,24-,25+,26-,27-/m1/s1. The SMILES string of the molecule is COc1cc([C@@H]2c3cc(OC(C)C)ccc3C[C@H](CO)[C@H]2CO[C@@H]2OC[C@@H](O)[C@H](O)[C@H]2O)ccc1F. The summed E-state index contributed by atoms with van der Waals surface area (Å²) in [5.41, 5.74) is 2.80. The van der Waals surface area contributed by atoms with Crippen LogP contribution in [-0.2, 0) is 15.9 Å². The Morgan fingerprint density at radius 1 is 1.08 bits per heavy atom. The van der Waals surface area contributed by atoms with Gasteiger partial charge in [-0.1, -0.05) is 12.1 Å². The van der Waals surface area contributed by atoms with E-state index in [1.807, 2.05) is 32.0 Å². The lowest BCUT2D eigenvalue weighted by Crippen LogP contribution is -2.54. The third-order valence-electron chi connectivity index (χ3n) is 7.02. The summed E-state index contributed by atoms with van der Waals surface area (Å²) >= 11 is 0. The van der Waals surface area contributed by atoms with Gasteiger partial charge in [0.15, 0.2) is 17.9 Å².